The molecule has 0 spiro atoms. The van der Waals surface area contributed by atoms with Crippen LogP contribution in [0.4, 0.5) is 4.79 Å². The first-order valence-electron chi connectivity index (χ1n) is 7.72. The van der Waals surface area contributed by atoms with Crippen LogP contribution in [0.25, 0.3) is 0 Å². The second kappa shape index (κ2) is 7.00. The minimum absolute atomic E-state index is 0.199. The van der Waals surface area contributed by atoms with Crippen LogP contribution in [-0.2, 0) is 20.9 Å². The van der Waals surface area contributed by atoms with Crippen LogP contribution in [0.15, 0.2) is 30.3 Å². The number of hydrogen-bond acceptors (Lipinski definition) is 5. The standard InChI is InChI=1S/C17H24N2O4/c1-17(2,3)23-16(21)19-10-13(14(19)9-18)15(20)22-11-12-7-5-4-6-8-12/h4-8,13-14H,9-11,18H2,1-3H3. The predicted octanol–water partition coefficient (Wildman–Crippen LogP) is 1.92. The second-order valence-electron chi connectivity index (χ2n) is 6.64. The van der Waals surface area contributed by atoms with Crippen molar-refractivity contribution in [1.29, 1.82) is 0 Å². The van der Waals surface area contributed by atoms with Crippen molar-refractivity contribution >= 4 is 12.1 Å². The molecule has 0 aromatic heterocycles. The maximum absolute atomic E-state index is 12.2. The molecule has 0 saturated carbocycles. The van der Waals surface area contributed by atoms with E-state index >= 15 is 0 Å². The second-order valence-corrected chi connectivity index (χ2v) is 6.64. The third-order valence-corrected chi connectivity index (χ3v) is 3.65. The average Bonchev–Trinajstić information content (AvgIpc) is 2.43. The highest BCUT2D eigenvalue weighted by molar-refractivity contribution is 5.79. The largest absolute Gasteiger partial charge is 0.460 e. The Morgan fingerprint density at radius 1 is 1.26 bits per heavy atom. The van der Waals surface area contributed by atoms with Gasteiger partial charge in [-0.3, -0.25) is 4.79 Å². The van der Waals surface area contributed by atoms with Crippen molar-refractivity contribution in [2.24, 2.45) is 11.7 Å². The fourth-order valence-corrected chi connectivity index (χ4v) is 2.44. The van der Waals surface area contributed by atoms with Crippen LogP contribution >= 0.6 is 0 Å². The number of nitrogens with zero attached hydrogens (tertiary/aromatic N) is 1. The molecule has 1 fully saturated rings. The fourth-order valence-electron chi connectivity index (χ4n) is 2.44. The van der Waals surface area contributed by atoms with Gasteiger partial charge in [-0.05, 0) is 26.3 Å². The molecule has 2 N–H and O–H groups in total. The lowest BCUT2D eigenvalue weighted by Crippen LogP contribution is -2.64. The number of nitrogens with two attached hydrogens (primary N) is 1. The first-order valence-corrected chi connectivity index (χ1v) is 7.72. The van der Waals surface area contributed by atoms with E-state index in [9.17, 15) is 9.59 Å². The topological polar surface area (TPSA) is 81.9 Å². The Hall–Kier alpha value is -2.08. The maximum Gasteiger partial charge on any atom is 0.410 e. The van der Waals surface area contributed by atoms with Gasteiger partial charge in [0.25, 0.3) is 0 Å². The summed E-state index contributed by atoms with van der Waals surface area (Å²) in [6.07, 6.45) is -0.444. The van der Waals surface area contributed by atoms with E-state index in [1.165, 1.54) is 4.90 Å². The minimum Gasteiger partial charge on any atom is -0.460 e. The molecule has 0 bridgehead atoms. The van der Waals surface area contributed by atoms with Gasteiger partial charge in [0.05, 0.1) is 12.0 Å². The lowest BCUT2D eigenvalue weighted by molar-refractivity contribution is -0.159. The first-order chi connectivity index (χ1) is 10.8. The number of amides is 1. The molecule has 1 saturated heterocycles. The Bertz CT molecular complexity index is 553. The molecule has 2 unspecified atom stereocenters. The summed E-state index contributed by atoms with van der Waals surface area (Å²) in [6, 6.07) is 9.09. The van der Waals surface area contributed by atoms with Crippen molar-refractivity contribution in [3.05, 3.63) is 35.9 Å². The smallest absolute Gasteiger partial charge is 0.410 e. The zero-order chi connectivity index (χ0) is 17.0. The van der Waals surface area contributed by atoms with Crippen LogP contribution in [0, 0.1) is 5.92 Å². The van der Waals surface area contributed by atoms with Crippen molar-refractivity contribution in [2.75, 3.05) is 13.1 Å². The number of benzene rings is 1. The minimum atomic E-state index is -0.574. The molecule has 2 atom stereocenters. The molecule has 6 nitrogen and oxygen atoms in total. The Morgan fingerprint density at radius 2 is 1.91 bits per heavy atom. The van der Waals surface area contributed by atoms with Crippen LogP contribution in [0.2, 0.25) is 0 Å². The van der Waals surface area contributed by atoms with Crippen LogP contribution in [0.5, 0.6) is 0 Å². The summed E-state index contributed by atoms with van der Waals surface area (Å²) >= 11 is 0. The van der Waals surface area contributed by atoms with Crippen molar-refractivity contribution in [3.8, 4) is 0 Å². The first kappa shape index (κ1) is 17.3. The summed E-state index contributed by atoms with van der Waals surface area (Å²) in [6.45, 7) is 6.10. The van der Waals surface area contributed by atoms with Crippen molar-refractivity contribution < 1.29 is 19.1 Å². The van der Waals surface area contributed by atoms with E-state index < -0.39 is 17.6 Å². The normalized spacial score (nSPS) is 20.6. The van der Waals surface area contributed by atoms with Crippen LogP contribution < -0.4 is 5.73 Å². The Morgan fingerprint density at radius 3 is 2.48 bits per heavy atom. The van der Waals surface area contributed by atoms with Gasteiger partial charge in [-0.1, -0.05) is 30.3 Å². The van der Waals surface area contributed by atoms with Crippen molar-refractivity contribution in [2.45, 2.75) is 39.0 Å². The molecule has 0 aliphatic carbocycles. The Kier molecular flexibility index (Phi) is 5.26. The third kappa shape index (κ3) is 4.45. The van der Waals surface area contributed by atoms with Crippen LogP contribution in [0.1, 0.15) is 26.3 Å². The van der Waals surface area contributed by atoms with Gasteiger partial charge in [0.15, 0.2) is 0 Å². The highest BCUT2D eigenvalue weighted by Gasteiger charge is 2.47. The monoisotopic (exact) mass is 320 g/mol. The SMILES string of the molecule is CC(C)(C)OC(=O)N1CC(C(=O)OCc2ccccc2)C1CN. The molecular weight excluding hydrogens is 296 g/mol. The molecule has 1 aliphatic heterocycles. The van der Waals surface area contributed by atoms with Gasteiger partial charge in [-0.2, -0.15) is 0 Å². The molecule has 0 radical (unpaired) electrons. The van der Waals surface area contributed by atoms with Gasteiger partial charge in [-0.25, -0.2) is 4.79 Å². The summed E-state index contributed by atoms with van der Waals surface area (Å²) in [5.74, 6) is -0.722. The van der Waals surface area contributed by atoms with E-state index in [0.29, 0.717) is 0 Å². The highest BCUT2D eigenvalue weighted by atomic mass is 16.6. The predicted molar refractivity (Wildman–Crippen MR) is 85.5 cm³/mol. The number of carbonyl (C=O) groups excluding carboxylic acids is 2. The molecule has 1 heterocycles. The Labute approximate surface area is 136 Å². The number of hydrogen-bond donors (Lipinski definition) is 1. The summed E-state index contributed by atoms with van der Waals surface area (Å²) in [5, 5.41) is 0. The van der Waals surface area contributed by atoms with E-state index in [2.05, 4.69) is 0 Å². The molecule has 1 aromatic carbocycles. The highest BCUT2D eigenvalue weighted by Crippen LogP contribution is 2.28. The molecule has 1 aromatic rings. The van der Waals surface area contributed by atoms with Gasteiger partial charge in [-0.15, -0.1) is 0 Å². The van der Waals surface area contributed by atoms with E-state index in [-0.39, 0.29) is 31.7 Å². The number of carbonyl (C=O) groups is 2. The zero-order valence-corrected chi connectivity index (χ0v) is 13.8. The zero-order valence-electron chi connectivity index (χ0n) is 13.8. The van der Waals surface area contributed by atoms with E-state index in [1.807, 2.05) is 30.3 Å². The summed E-state index contributed by atoms with van der Waals surface area (Å²) < 4.78 is 10.6. The van der Waals surface area contributed by atoms with Gasteiger partial charge in [0, 0.05) is 13.1 Å². The molecule has 1 amide bonds. The van der Waals surface area contributed by atoms with Crippen molar-refractivity contribution in [1.82, 2.24) is 4.90 Å². The van der Waals surface area contributed by atoms with Crippen molar-refractivity contribution in [3.63, 3.8) is 0 Å². The molecular formula is C17H24N2O4. The molecule has 2 rings (SSSR count). The summed E-state index contributed by atoms with van der Waals surface area (Å²) in [5.41, 5.74) is 6.05. The van der Waals surface area contributed by atoms with Gasteiger partial charge in [0.2, 0.25) is 0 Å². The molecule has 126 valence electrons. The van der Waals surface area contributed by atoms with Gasteiger partial charge in [0.1, 0.15) is 12.2 Å². The number of likely N-dealkylation sites (tertiary alicyclic amines) is 1. The quantitative estimate of drug-likeness (QED) is 0.857. The fraction of sp³-hybridized carbons (Fsp3) is 0.529. The average molecular weight is 320 g/mol. The molecule has 23 heavy (non-hydrogen) atoms. The number of rotatable bonds is 4. The van der Waals surface area contributed by atoms with Gasteiger partial charge >= 0.3 is 12.1 Å². The van der Waals surface area contributed by atoms with E-state index in [4.69, 9.17) is 15.2 Å². The van der Waals surface area contributed by atoms with Crippen LogP contribution in [-0.4, -0.2) is 41.7 Å². The molecule has 1 aliphatic rings. The van der Waals surface area contributed by atoms with Crippen LogP contribution in [0.3, 0.4) is 0 Å². The lowest BCUT2D eigenvalue weighted by Gasteiger charge is -2.45. The number of ether oxygens (including phenoxy) is 2. The number of esters is 1. The van der Waals surface area contributed by atoms with E-state index in [1.54, 1.807) is 20.8 Å². The maximum atomic E-state index is 12.2. The Balaban J connectivity index is 1.87. The lowest BCUT2D eigenvalue weighted by atomic mass is 9.89. The van der Waals surface area contributed by atoms with Gasteiger partial charge < -0.3 is 20.1 Å². The van der Waals surface area contributed by atoms with E-state index in [0.717, 1.165) is 5.56 Å². The third-order valence-electron chi connectivity index (χ3n) is 3.65. The summed E-state index contributed by atoms with van der Waals surface area (Å²) in [7, 11) is 0. The summed E-state index contributed by atoms with van der Waals surface area (Å²) in [4.78, 5) is 25.7. The molecule has 6 heteroatoms.